The van der Waals surface area contributed by atoms with E-state index in [1.54, 1.807) is 4.90 Å². The van der Waals surface area contributed by atoms with Crippen LogP contribution in [0, 0.1) is 13.8 Å². The van der Waals surface area contributed by atoms with Crippen molar-refractivity contribution in [1.82, 2.24) is 19.4 Å². The van der Waals surface area contributed by atoms with Gasteiger partial charge in [-0.1, -0.05) is 19.9 Å². The van der Waals surface area contributed by atoms with Crippen LogP contribution in [0.15, 0.2) is 29.2 Å². The molecule has 6 nitrogen and oxygen atoms in total. The molecule has 3 aromatic rings. The van der Waals surface area contributed by atoms with Crippen LogP contribution in [0.1, 0.15) is 67.7 Å². The Kier molecular flexibility index (Phi) is 7.22. The fraction of sp³-hybridized carbons (Fsp3) is 0.517. The molecule has 6 heteroatoms. The number of pyridine rings is 1. The van der Waals surface area contributed by atoms with Gasteiger partial charge in [0.2, 0.25) is 5.91 Å². The molecule has 1 amide bonds. The standard InChI is InChI=1S/C29H40N4O2/c1-8-33-16-24(19(4)20(5)29(33)35)28-27(18(2)3)23-15-22(9-10-25(23)30-28)21-11-13-32(14-12-21)17-26(34)31(6)7/h9-10,15-16,18,21,30H,8,11-14,17H2,1-7H3. The van der Waals surface area contributed by atoms with Gasteiger partial charge in [0, 0.05) is 48.9 Å². The van der Waals surface area contributed by atoms with Gasteiger partial charge >= 0.3 is 0 Å². The second kappa shape index (κ2) is 10.0. The zero-order valence-electron chi connectivity index (χ0n) is 22.4. The molecule has 0 unspecified atom stereocenters. The summed E-state index contributed by atoms with van der Waals surface area (Å²) < 4.78 is 1.81. The number of H-pyrrole nitrogens is 1. The number of hydrogen-bond donors (Lipinski definition) is 1. The first-order valence-electron chi connectivity index (χ1n) is 12.9. The number of carbonyl (C=O) groups is 1. The van der Waals surface area contributed by atoms with Crippen LogP contribution < -0.4 is 5.56 Å². The van der Waals surface area contributed by atoms with E-state index in [1.807, 2.05) is 38.7 Å². The van der Waals surface area contributed by atoms with Gasteiger partial charge in [-0.3, -0.25) is 14.5 Å². The quantitative estimate of drug-likeness (QED) is 0.543. The smallest absolute Gasteiger partial charge is 0.253 e. The molecule has 0 aliphatic carbocycles. The predicted molar refractivity (Wildman–Crippen MR) is 144 cm³/mol. The van der Waals surface area contributed by atoms with Gasteiger partial charge in [-0.05, 0) is 87.4 Å². The molecule has 3 heterocycles. The van der Waals surface area contributed by atoms with Gasteiger partial charge in [0.05, 0.1) is 12.2 Å². The average Bonchev–Trinajstić information content (AvgIpc) is 3.22. The van der Waals surface area contributed by atoms with Gasteiger partial charge in [0.25, 0.3) is 5.56 Å². The fourth-order valence-corrected chi connectivity index (χ4v) is 5.43. The Morgan fingerprint density at radius 3 is 2.43 bits per heavy atom. The van der Waals surface area contributed by atoms with Crippen molar-refractivity contribution in [2.75, 3.05) is 33.7 Å². The molecule has 188 valence electrons. The zero-order chi connectivity index (χ0) is 25.4. The molecule has 1 aliphatic rings. The molecule has 0 radical (unpaired) electrons. The van der Waals surface area contributed by atoms with Crippen molar-refractivity contribution in [3.63, 3.8) is 0 Å². The molecule has 1 aromatic carbocycles. The highest BCUT2D eigenvalue weighted by atomic mass is 16.2. The molecule has 0 bridgehead atoms. The monoisotopic (exact) mass is 476 g/mol. The number of likely N-dealkylation sites (tertiary alicyclic amines) is 1. The lowest BCUT2D eigenvalue weighted by molar-refractivity contribution is -0.130. The van der Waals surface area contributed by atoms with Gasteiger partial charge in [0.1, 0.15) is 0 Å². The summed E-state index contributed by atoms with van der Waals surface area (Å²) in [4.78, 5) is 32.4. The molecular formula is C29H40N4O2. The average molecular weight is 477 g/mol. The van der Waals surface area contributed by atoms with Gasteiger partial charge < -0.3 is 14.5 Å². The SMILES string of the molecule is CCn1cc(-c2[nH]c3ccc(C4CCN(CC(=O)N(C)C)CC4)cc3c2C(C)C)c(C)c(C)c1=O. The summed E-state index contributed by atoms with van der Waals surface area (Å²) in [5.41, 5.74) is 8.06. The second-order valence-electron chi connectivity index (χ2n) is 10.6. The van der Waals surface area contributed by atoms with Crippen molar-refractivity contribution in [2.24, 2.45) is 0 Å². The van der Waals surface area contributed by atoms with E-state index in [9.17, 15) is 9.59 Å². The lowest BCUT2D eigenvalue weighted by atomic mass is 9.87. The number of amides is 1. The Morgan fingerprint density at radius 1 is 1.14 bits per heavy atom. The minimum absolute atomic E-state index is 0.0943. The van der Waals surface area contributed by atoms with E-state index < -0.39 is 0 Å². The first-order valence-corrected chi connectivity index (χ1v) is 12.9. The Balaban J connectivity index is 1.69. The maximum absolute atomic E-state index is 12.7. The number of nitrogens with one attached hydrogen (secondary N) is 1. The molecule has 4 rings (SSSR count). The third-order valence-electron chi connectivity index (χ3n) is 7.80. The number of fused-ring (bicyclic) bond motifs is 1. The van der Waals surface area contributed by atoms with Gasteiger partial charge in [-0.2, -0.15) is 0 Å². The minimum atomic E-state index is 0.0943. The van der Waals surface area contributed by atoms with Crippen LogP contribution in [0.3, 0.4) is 0 Å². The molecular weight excluding hydrogens is 436 g/mol. The van der Waals surface area contributed by atoms with Crippen LogP contribution in [0.25, 0.3) is 22.2 Å². The summed E-state index contributed by atoms with van der Waals surface area (Å²) in [5, 5.41) is 1.28. The molecule has 0 saturated carbocycles. The van der Waals surface area contributed by atoms with Crippen LogP contribution in [-0.4, -0.2) is 59.0 Å². The lowest BCUT2D eigenvalue weighted by Gasteiger charge is -2.32. The lowest BCUT2D eigenvalue weighted by Crippen LogP contribution is -2.40. The van der Waals surface area contributed by atoms with E-state index in [2.05, 4.69) is 48.9 Å². The number of aryl methyl sites for hydroxylation is 1. The predicted octanol–water partition coefficient (Wildman–Crippen LogP) is 5.02. The molecule has 0 spiro atoms. The number of piperidine rings is 1. The summed E-state index contributed by atoms with van der Waals surface area (Å²) in [6.07, 6.45) is 4.16. The van der Waals surface area contributed by atoms with Crippen LogP contribution in [0.2, 0.25) is 0 Å². The molecule has 35 heavy (non-hydrogen) atoms. The van der Waals surface area contributed by atoms with Crippen LogP contribution in [0.5, 0.6) is 0 Å². The third kappa shape index (κ3) is 4.81. The van der Waals surface area contributed by atoms with E-state index in [4.69, 9.17) is 0 Å². The first-order chi connectivity index (χ1) is 16.6. The van der Waals surface area contributed by atoms with Crippen molar-refractivity contribution < 1.29 is 4.79 Å². The summed E-state index contributed by atoms with van der Waals surface area (Å²) in [5.74, 6) is 1.02. The fourth-order valence-electron chi connectivity index (χ4n) is 5.43. The van der Waals surface area contributed by atoms with E-state index >= 15 is 0 Å². The topological polar surface area (TPSA) is 61.3 Å². The number of aromatic amines is 1. The Morgan fingerprint density at radius 2 is 1.83 bits per heavy atom. The number of benzene rings is 1. The summed E-state index contributed by atoms with van der Waals surface area (Å²) in [6.45, 7) is 13.6. The Labute approximate surface area is 208 Å². The number of carbonyl (C=O) groups excluding carboxylic acids is 1. The van der Waals surface area contributed by atoms with Crippen molar-refractivity contribution in [2.45, 2.75) is 65.8 Å². The van der Waals surface area contributed by atoms with Crippen molar-refractivity contribution in [3.8, 4) is 11.3 Å². The number of rotatable bonds is 6. The van der Waals surface area contributed by atoms with E-state index in [0.717, 1.165) is 53.8 Å². The van der Waals surface area contributed by atoms with Gasteiger partial charge in [-0.25, -0.2) is 0 Å². The zero-order valence-corrected chi connectivity index (χ0v) is 22.4. The number of aromatic nitrogens is 2. The highest BCUT2D eigenvalue weighted by Gasteiger charge is 2.25. The highest BCUT2D eigenvalue weighted by Crippen LogP contribution is 2.39. The van der Waals surface area contributed by atoms with Gasteiger partial charge in [0.15, 0.2) is 0 Å². The Hall–Kier alpha value is -2.86. The van der Waals surface area contributed by atoms with Crippen molar-refractivity contribution >= 4 is 16.8 Å². The van der Waals surface area contributed by atoms with Crippen LogP contribution in [-0.2, 0) is 11.3 Å². The maximum atomic E-state index is 12.7. The van der Waals surface area contributed by atoms with Crippen molar-refractivity contribution in [3.05, 3.63) is 57.0 Å². The number of nitrogens with zero attached hydrogens (tertiary/aromatic N) is 3. The number of likely N-dealkylation sites (N-methyl/N-ethyl adjacent to an activating group) is 1. The minimum Gasteiger partial charge on any atom is -0.354 e. The largest absolute Gasteiger partial charge is 0.354 e. The molecule has 1 N–H and O–H groups in total. The molecule has 1 aliphatic heterocycles. The molecule has 0 atom stereocenters. The van der Waals surface area contributed by atoms with Gasteiger partial charge in [-0.15, -0.1) is 0 Å². The number of hydrogen-bond acceptors (Lipinski definition) is 3. The third-order valence-corrected chi connectivity index (χ3v) is 7.80. The molecule has 1 fully saturated rings. The summed E-state index contributed by atoms with van der Waals surface area (Å²) >= 11 is 0. The molecule has 1 saturated heterocycles. The second-order valence-corrected chi connectivity index (χ2v) is 10.6. The normalized spacial score (nSPS) is 15.3. The maximum Gasteiger partial charge on any atom is 0.253 e. The Bertz CT molecular complexity index is 1290. The van der Waals surface area contributed by atoms with E-state index in [0.29, 0.717) is 24.9 Å². The van der Waals surface area contributed by atoms with Crippen LogP contribution in [0.4, 0.5) is 0 Å². The molecule has 2 aromatic heterocycles. The van der Waals surface area contributed by atoms with E-state index in [-0.39, 0.29) is 11.5 Å². The first kappa shape index (κ1) is 25.2. The summed E-state index contributed by atoms with van der Waals surface area (Å²) in [7, 11) is 3.64. The highest BCUT2D eigenvalue weighted by molar-refractivity contribution is 5.92. The van der Waals surface area contributed by atoms with Crippen molar-refractivity contribution in [1.29, 1.82) is 0 Å². The van der Waals surface area contributed by atoms with Crippen LogP contribution >= 0.6 is 0 Å². The summed E-state index contributed by atoms with van der Waals surface area (Å²) in [6, 6.07) is 6.87. The van der Waals surface area contributed by atoms with E-state index in [1.165, 1.54) is 16.5 Å².